The molecule has 1 N–H and O–H groups in total. The van der Waals surface area contributed by atoms with Crippen LogP contribution in [0, 0.1) is 6.57 Å². The van der Waals surface area contributed by atoms with Crippen molar-refractivity contribution in [1.29, 1.82) is 0 Å². The minimum atomic E-state index is -0.286. The third kappa shape index (κ3) is 3.49. The molecule has 6 nitrogen and oxygen atoms in total. The van der Waals surface area contributed by atoms with E-state index in [0.717, 1.165) is 27.5 Å². The maximum atomic E-state index is 7.90. The fraction of sp³-hybridized carbons (Fsp3) is 0.316. The van der Waals surface area contributed by atoms with Crippen LogP contribution in [-0.2, 0) is 4.74 Å². The normalized spacial score (nSPS) is 16.2. The predicted octanol–water partition coefficient (Wildman–Crippen LogP) is 5.67. The third-order valence-corrected chi connectivity index (χ3v) is 6.32. The van der Waals surface area contributed by atoms with Gasteiger partial charge in [0.1, 0.15) is 6.33 Å². The Labute approximate surface area is 176 Å². The van der Waals surface area contributed by atoms with Crippen LogP contribution in [0.3, 0.4) is 0 Å². The van der Waals surface area contributed by atoms with Crippen LogP contribution in [0.1, 0.15) is 13.8 Å². The number of nitrogens with one attached hydrogen (secondary N) is 1. The fourth-order valence-corrected chi connectivity index (χ4v) is 5.07. The number of anilines is 1. The highest BCUT2D eigenvalue weighted by Gasteiger charge is 2.32. The van der Waals surface area contributed by atoms with Crippen LogP contribution in [0.4, 0.5) is 10.7 Å². The summed E-state index contributed by atoms with van der Waals surface area (Å²) in [4.78, 5) is 9.97. The molecule has 1 fully saturated rings. The van der Waals surface area contributed by atoms with Gasteiger partial charge in [0.15, 0.2) is 5.82 Å². The Bertz CT molecular complexity index is 1060. The number of rotatable bonds is 3. The molecule has 1 saturated heterocycles. The minimum absolute atomic E-state index is 0.286. The van der Waals surface area contributed by atoms with Gasteiger partial charge in [0.2, 0.25) is 5.69 Å². The van der Waals surface area contributed by atoms with Crippen LogP contribution in [0.15, 0.2) is 24.5 Å². The molecule has 2 aromatic heterocycles. The van der Waals surface area contributed by atoms with E-state index in [9.17, 15) is 0 Å². The molecule has 4 rings (SSSR count). The molecule has 0 saturated carbocycles. The summed E-state index contributed by atoms with van der Waals surface area (Å²) in [6, 6.07) is 5.30. The number of benzene rings is 1. The maximum absolute atomic E-state index is 7.90. The van der Waals surface area contributed by atoms with Gasteiger partial charge in [-0.2, -0.15) is 0 Å². The summed E-state index contributed by atoms with van der Waals surface area (Å²) >= 11 is 14.1. The molecule has 0 atom stereocenters. The lowest BCUT2D eigenvalue weighted by Gasteiger charge is -2.39. The number of thiophene rings is 1. The number of aromatic amines is 1. The highest BCUT2D eigenvalue weighted by molar-refractivity contribution is 7.20. The lowest BCUT2D eigenvalue weighted by atomic mass is 10.0. The van der Waals surface area contributed by atoms with Gasteiger partial charge in [0, 0.05) is 28.7 Å². The van der Waals surface area contributed by atoms with Crippen LogP contribution >= 0.6 is 34.5 Å². The Hall–Kier alpha value is -2.11. The standard InChI is InChI=1S/C19H17Cl2N5OS/c1-19(2)9-26(6-7-27-19)18-15(22-3)14(12-5-4-11(20)8-13(12)21)16(28-18)17-23-10-24-25-17/h4-5,8,10H,6-7,9H2,1-2H3,(H,23,24,25). The molecule has 0 spiro atoms. The predicted molar refractivity (Wildman–Crippen MR) is 114 cm³/mol. The Morgan fingerprint density at radius 2 is 2.18 bits per heavy atom. The fourth-order valence-electron chi connectivity index (χ4n) is 3.34. The first-order valence-corrected chi connectivity index (χ1v) is 10.2. The molecule has 0 aliphatic carbocycles. The van der Waals surface area contributed by atoms with E-state index in [1.807, 2.05) is 6.07 Å². The summed E-state index contributed by atoms with van der Waals surface area (Å²) in [7, 11) is 0. The molecule has 1 aromatic carbocycles. The molecular weight excluding hydrogens is 417 g/mol. The Balaban J connectivity index is 1.94. The lowest BCUT2D eigenvalue weighted by Crippen LogP contribution is -2.48. The van der Waals surface area contributed by atoms with Crippen molar-refractivity contribution in [1.82, 2.24) is 15.2 Å². The first-order valence-electron chi connectivity index (χ1n) is 8.64. The summed E-state index contributed by atoms with van der Waals surface area (Å²) in [5.74, 6) is 0.606. The van der Waals surface area contributed by atoms with E-state index in [0.29, 0.717) is 34.7 Å². The van der Waals surface area contributed by atoms with E-state index in [1.165, 1.54) is 17.7 Å². The molecule has 0 unspecified atom stereocenters. The van der Waals surface area contributed by atoms with E-state index in [-0.39, 0.29) is 5.60 Å². The van der Waals surface area contributed by atoms with Crippen LogP contribution in [0.2, 0.25) is 10.0 Å². The zero-order valence-electron chi connectivity index (χ0n) is 15.3. The summed E-state index contributed by atoms with van der Waals surface area (Å²) in [5.41, 5.74) is 1.76. The second-order valence-electron chi connectivity index (χ2n) is 7.06. The van der Waals surface area contributed by atoms with Crippen molar-refractivity contribution in [2.45, 2.75) is 19.4 Å². The van der Waals surface area contributed by atoms with Gasteiger partial charge in [0.05, 0.1) is 28.7 Å². The maximum Gasteiger partial charge on any atom is 0.229 e. The molecule has 9 heteroatoms. The van der Waals surface area contributed by atoms with Gasteiger partial charge in [-0.15, -0.1) is 21.5 Å². The smallest absolute Gasteiger partial charge is 0.229 e. The minimum Gasteiger partial charge on any atom is -0.372 e. The zero-order valence-corrected chi connectivity index (χ0v) is 17.6. The Kier molecular flexibility index (Phi) is 5.06. The number of nitrogens with zero attached hydrogens (tertiary/aromatic N) is 4. The number of halogens is 2. The van der Waals surface area contributed by atoms with Crippen molar-refractivity contribution in [3.63, 3.8) is 0 Å². The molecule has 144 valence electrons. The van der Waals surface area contributed by atoms with Gasteiger partial charge in [-0.3, -0.25) is 0 Å². The van der Waals surface area contributed by atoms with E-state index < -0.39 is 0 Å². The van der Waals surface area contributed by atoms with Crippen molar-refractivity contribution >= 4 is 45.2 Å². The van der Waals surface area contributed by atoms with Gasteiger partial charge >= 0.3 is 0 Å². The molecule has 0 radical (unpaired) electrons. The molecule has 3 aromatic rings. The summed E-state index contributed by atoms with van der Waals surface area (Å²) < 4.78 is 5.84. The van der Waals surface area contributed by atoms with Gasteiger partial charge in [-0.05, 0) is 31.5 Å². The number of H-pyrrole nitrogens is 1. The second kappa shape index (κ2) is 7.37. The third-order valence-electron chi connectivity index (χ3n) is 4.52. The summed E-state index contributed by atoms with van der Waals surface area (Å²) in [6.45, 7) is 14.0. The largest absolute Gasteiger partial charge is 0.372 e. The molecule has 0 bridgehead atoms. The van der Waals surface area contributed by atoms with Crippen LogP contribution in [-0.4, -0.2) is 40.5 Å². The van der Waals surface area contributed by atoms with Crippen molar-refractivity contribution in [2.24, 2.45) is 0 Å². The lowest BCUT2D eigenvalue weighted by molar-refractivity contribution is -0.0274. The van der Waals surface area contributed by atoms with Crippen molar-refractivity contribution < 1.29 is 4.74 Å². The number of aromatic nitrogens is 3. The van der Waals surface area contributed by atoms with E-state index >= 15 is 0 Å². The van der Waals surface area contributed by atoms with E-state index in [4.69, 9.17) is 34.5 Å². The van der Waals surface area contributed by atoms with E-state index in [2.05, 4.69) is 38.8 Å². The van der Waals surface area contributed by atoms with Crippen LogP contribution in [0.25, 0.3) is 26.7 Å². The van der Waals surface area contributed by atoms with Crippen molar-refractivity contribution in [3.8, 4) is 21.8 Å². The van der Waals surface area contributed by atoms with Crippen molar-refractivity contribution in [3.05, 3.63) is 46.0 Å². The number of hydrogen-bond acceptors (Lipinski definition) is 5. The number of ether oxygens (including phenoxy) is 1. The van der Waals surface area contributed by atoms with Crippen molar-refractivity contribution in [2.75, 3.05) is 24.6 Å². The molecular formula is C19H17Cl2N5OS. The topological polar surface area (TPSA) is 58.4 Å². The zero-order chi connectivity index (χ0) is 19.9. The first kappa shape index (κ1) is 19.2. The van der Waals surface area contributed by atoms with E-state index in [1.54, 1.807) is 12.1 Å². The molecule has 3 heterocycles. The highest BCUT2D eigenvalue weighted by atomic mass is 35.5. The van der Waals surface area contributed by atoms with Gasteiger partial charge in [-0.25, -0.2) is 4.85 Å². The van der Waals surface area contributed by atoms with Crippen LogP contribution in [0.5, 0.6) is 0 Å². The second-order valence-corrected chi connectivity index (χ2v) is 8.91. The first-order chi connectivity index (χ1) is 13.4. The summed E-state index contributed by atoms with van der Waals surface area (Å²) in [6.07, 6.45) is 1.53. The molecule has 28 heavy (non-hydrogen) atoms. The number of hydrogen-bond donors (Lipinski definition) is 1. The SMILES string of the molecule is [C-]#[N+]c1c(N2CCOC(C)(C)C2)sc(-c2nnc[nH]2)c1-c1ccc(Cl)cc1Cl. The number of morpholine rings is 1. The summed E-state index contributed by atoms with van der Waals surface area (Å²) in [5, 5.41) is 10.0. The quantitative estimate of drug-likeness (QED) is 0.540. The molecule has 1 aliphatic rings. The van der Waals surface area contributed by atoms with Gasteiger partial charge in [-0.1, -0.05) is 29.3 Å². The highest BCUT2D eigenvalue weighted by Crippen LogP contribution is 2.53. The van der Waals surface area contributed by atoms with Gasteiger partial charge < -0.3 is 14.6 Å². The average molecular weight is 434 g/mol. The molecule has 0 amide bonds. The Morgan fingerprint density at radius 3 is 2.82 bits per heavy atom. The van der Waals surface area contributed by atoms with Crippen LogP contribution < -0.4 is 4.90 Å². The average Bonchev–Trinajstić information content (AvgIpc) is 3.28. The van der Waals surface area contributed by atoms with Gasteiger partial charge in [0.25, 0.3) is 0 Å². The molecule has 1 aliphatic heterocycles. The monoisotopic (exact) mass is 433 g/mol. The Morgan fingerprint density at radius 1 is 1.36 bits per heavy atom.